The van der Waals surface area contributed by atoms with E-state index in [1.165, 1.54) is 5.57 Å². The molecule has 0 spiro atoms. The van der Waals surface area contributed by atoms with Crippen molar-refractivity contribution in [1.82, 2.24) is 0 Å². The first-order chi connectivity index (χ1) is 17.8. The predicted molar refractivity (Wildman–Crippen MR) is 150 cm³/mol. The quantitative estimate of drug-likeness (QED) is 0.243. The minimum absolute atomic E-state index is 0.0788. The first kappa shape index (κ1) is 29.4. The van der Waals surface area contributed by atoms with E-state index < -0.39 is 6.10 Å². The minimum Gasteiger partial charge on any atom is -0.468 e. The number of hydrogen-bond acceptors (Lipinski definition) is 5. The number of aliphatic hydroxyl groups excluding tert-OH is 1. The van der Waals surface area contributed by atoms with Crippen LogP contribution in [0.5, 0.6) is 0 Å². The van der Waals surface area contributed by atoms with Crippen LogP contribution in [0.2, 0.25) is 0 Å². The molecule has 0 heterocycles. The maximum atomic E-state index is 11.6. The van der Waals surface area contributed by atoms with Gasteiger partial charge in [-0.05, 0) is 97.2 Å². The van der Waals surface area contributed by atoms with Gasteiger partial charge in [0.2, 0.25) is 0 Å². The Bertz CT molecular complexity index is 964. The maximum Gasteiger partial charge on any atom is 0.293 e. The van der Waals surface area contributed by atoms with Crippen molar-refractivity contribution in [2.75, 3.05) is 6.61 Å². The summed E-state index contributed by atoms with van der Waals surface area (Å²) in [6, 6.07) is 0. The smallest absolute Gasteiger partial charge is 0.293 e. The van der Waals surface area contributed by atoms with Gasteiger partial charge in [-0.25, -0.2) is 0 Å². The normalized spacial score (nSPS) is 40.6. The molecular weight excluding hydrogens is 476 g/mol. The van der Waals surface area contributed by atoms with Crippen LogP contribution in [0, 0.1) is 45.3 Å². The molecule has 0 bridgehead atoms. The fourth-order valence-electron chi connectivity index (χ4n) is 10.0. The number of allylic oxidation sites excluding steroid dienone is 3. The van der Waals surface area contributed by atoms with Gasteiger partial charge in [0.15, 0.2) is 0 Å². The Hall–Kier alpha value is -1.62. The second-order valence-corrected chi connectivity index (χ2v) is 14.6. The molecule has 1 unspecified atom stereocenters. The molecule has 38 heavy (non-hydrogen) atoms. The van der Waals surface area contributed by atoms with Gasteiger partial charge in [-0.3, -0.25) is 9.59 Å². The van der Waals surface area contributed by atoms with Crippen molar-refractivity contribution in [2.45, 2.75) is 118 Å². The van der Waals surface area contributed by atoms with Gasteiger partial charge < -0.3 is 14.6 Å². The summed E-state index contributed by atoms with van der Waals surface area (Å²) in [4.78, 5) is 22.5. The van der Waals surface area contributed by atoms with E-state index in [4.69, 9.17) is 9.47 Å². The Kier molecular flexibility index (Phi) is 8.04. The standard InChI is InChI=1S/C33H52O5/c1-21(2)22(3)9-11-27(38-20-35)29-26(36)17-33(8)25-10-12-28-30(4,5)23(18-37-19-34)13-15-31(28,6)24(25)14-16-32(29,33)7/h19-21,23,26-29,36H,3,9-18H2,1-2,4-8H3/t23?,26-,27-,28+,29-,31-,32-,33+/m1/s1. The summed E-state index contributed by atoms with van der Waals surface area (Å²) in [5.74, 6) is 1.25. The van der Waals surface area contributed by atoms with E-state index in [0.717, 1.165) is 51.4 Å². The first-order valence-electron chi connectivity index (χ1n) is 15.0. The molecule has 2 fully saturated rings. The number of rotatable bonds is 10. The van der Waals surface area contributed by atoms with Crippen LogP contribution in [0.15, 0.2) is 23.3 Å². The Labute approximate surface area is 230 Å². The lowest BCUT2D eigenvalue weighted by Gasteiger charge is -2.62. The van der Waals surface area contributed by atoms with E-state index >= 15 is 0 Å². The van der Waals surface area contributed by atoms with Crippen molar-refractivity contribution in [1.29, 1.82) is 0 Å². The molecule has 0 radical (unpaired) electrons. The van der Waals surface area contributed by atoms with Crippen molar-refractivity contribution >= 4 is 12.9 Å². The molecule has 0 aromatic carbocycles. The molecule has 4 aliphatic carbocycles. The third-order valence-electron chi connectivity index (χ3n) is 12.6. The first-order valence-corrected chi connectivity index (χ1v) is 15.0. The summed E-state index contributed by atoms with van der Waals surface area (Å²) in [5.41, 5.74) is 4.38. The molecule has 2 saturated carbocycles. The second kappa shape index (κ2) is 10.4. The van der Waals surface area contributed by atoms with Gasteiger partial charge in [-0.15, -0.1) is 0 Å². The van der Waals surface area contributed by atoms with Gasteiger partial charge in [0, 0.05) is 5.92 Å². The summed E-state index contributed by atoms with van der Waals surface area (Å²) in [6.07, 6.45) is 7.92. The largest absolute Gasteiger partial charge is 0.468 e. The van der Waals surface area contributed by atoms with Gasteiger partial charge in [-0.2, -0.15) is 0 Å². The fraction of sp³-hybridized carbons (Fsp3) is 0.818. The van der Waals surface area contributed by atoms with Crippen LogP contribution in [0.3, 0.4) is 0 Å². The monoisotopic (exact) mass is 528 g/mol. The molecule has 0 saturated heterocycles. The molecule has 0 aromatic rings. The van der Waals surface area contributed by atoms with Crippen molar-refractivity contribution < 1.29 is 24.2 Å². The van der Waals surface area contributed by atoms with Crippen LogP contribution >= 0.6 is 0 Å². The van der Waals surface area contributed by atoms with E-state index in [1.54, 1.807) is 11.1 Å². The molecule has 1 N–H and O–H groups in total. The Morgan fingerprint density at radius 2 is 1.76 bits per heavy atom. The lowest BCUT2D eigenvalue weighted by atomic mass is 9.42. The Balaban J connectivity index is 1.67. The van der Waals surface area contributed by atoms with Gasteiger partial charge in [0.1, 0.15) is 6.10 Å². The van der Waals surface area contributed by atoms with Crippen LogP contribution in [0.25, 0.3) is 0 Å². The highest BCUT2D eigenvalue weighted by Crippen LogP contribution is 2.72. The Morgan fingerprint density at radius 3 is 2.39 bits per heavy atom. The lowest BCUT2D eigenvalue weighted by Crippen LogP contribution is -2.54. The predicted octanol–water partition coefficient (Wildman–Crippen LogP) is 7.03. The zero-order valence-corrected chi connectivity index (χ0v) is 25.0. The number of ether oxygens (including phenoxy) is 2. The summed E-state index contributed by atoms with van der Waals surface area (Å²) in [7, 11) is 0. The summed E-state index contributed by atoms with van der Waals surface area (Å²) < 4.78 is 11.0. The average molecular weight is 529 g/mol. The van der Waals surface area contributed by atoms with E-state index in [0.29, 0.717) is 43.7 Å². The van der Waals surface area contributed by atoms with Crippen molar-refractivity contribution in [2.24, 2.45) is 45.3 Å². The second-order valence-electron chi connectivity index (χ2n) is 14.6. The summed E-state index contributed by atoms with van der Waals surface area (Å²) >= 11 is 0. The molecule has 214 valence electrons. The molecule has 0 aliphatic heterocycles. The Morgan fingerprint density at radius 1 is 1.05 bits per heavy atom. The summed E-state index contributed by atoms with van der Waals surface area (Å²) in [6.45, 7) is 22.3. The topological polar surface area (TPSA) is 72.8 Å². The van der Waals surface area contributed by atoms with Gasteiger partial charge in [0.25, 0.3) is 12.9 Å². The number of carbonyl (C=O) groups excluding carboxylic acids is 2. The number of aliphatic hydroxyl groups is 1. The molecule has 0 amide bonds. The molecule has 4 aliphatic rings. The minimum atomic E-state index is -0.493. The average Bonchev–Trinajstić information content (AvgIpc) is 3.05. The number of fused-ring (bicyclic) bond motifs is 4. The molecule has 0 aromatic heterocycles. The molecule has 5 heteroatoms. The highest BCUT2D eigenvalue weighted by Gasteiger charge is 2.66. The van der Waals surface area contributed by atoms with Crippen LogP contribution in [0.1, 0.15) is 106 Å². The highest BCUT2D eigenvalue weighted by atomic mass is 16.5. The number of carbonyl (C=O) groups is 2. The van der Waals surface area contributed by atoms with Gasteiger partial charge in [-0.1, -0.05) is 71.8 Å². The van der Waals surface area contributed by atoms with E-state index in [-0.39, 0.29) is 33.7 Å². The maximum absolute atomic E-state index is 11.6. The van der Waals surface area contributed by atoms with E-state index in [2.05, 4.69) is 55.0 Å². The number of hydrogen-bond donors (Lipinski definition) is 1. The lowest BCUT2D eigenvalue weighted by molar-refractivity contribution is -0.143. The van der Waals surface area contributed by atoms with E-state index in [9.17, 15) is 14.7 Å². The van der Waals surface area contributed by atoms with Crippen molar-refractivity contribution in [3.63, 3.8) is 0 Å². The molecule has 5 nitrogen and oxygen atoms in total. The highest BCUT2D eigenvalue weighted by molar-refractivity contribution is 5.41. The van der Waals surface area contributed by atoms with Gasteiger partial charge >= 0.3 is 0 Å². The van der Waals surface area contributed by atoms with Crippen molar-refractivity contribution in [3.8, 4) is 0 Å². The van der Waals surface area contributed by atoms with Crippen LogP contribution in [0.4, 0.5) is 0 Å². The zero-order valence-electron chi connectivity index (χ0n) is 25.0. The fourth-order valence-corrected chi connectivity index (χ4v) is 10.0. The molecule has 8 atom stereocenters. The van der Waals surface area contributed by atoms with Crippen LogP contribution in [-0.4, -0.2) is 36.9 Å². The SMILES string of the molecule is C=C(CC[C@@H](OC=O)[C@H]1[C@H](O)C[C@@]2(C)C3=C(CC[C@]12C)[C@@]1(C)CCC(COC=O)C(C)(C)[C@@H]1CC3)C(C)C. The molecular formula is C33H52O5. The third kappa shape index (κ3) is 4.39. The third-order valence-corrected chi connectivity index (χ3v) is 12.6. The van der Waals surface area contributed by atoms with Crippen molar-refractivity contribution in [3.05, 3.63) is 23.3 Å². The molecule has 4 rings (SSSR count). The zero-order chi connectivity index (χ0) is 28.1. The van der Waals surface area contributed by atoms with Crippen LogP contribution < -0.4 is 0 Å². The summed E-state index contributed by atoms with van der Waals surface area (Å²) in [5, 5.41) is 11.6. The van der Waals surface area contributed by atoms with Crippen LogP contribution in [-0.2, 0) is 19.1 Å². The van der Waals surface area contributed by atoms with E-state index in [1.807, 2.05) is 0 Å². The van der Waals surface area contributed by atoms with Gasteiger partial charge in [0.05, 0.1) is 12.7 Å².